The van der Waals surface area contributed by atoms with Crippen LogP contribution in [0.4, 0.5) is 0 Å². The maximum absolute atomic E-state index is 5.87. The molecule has 0 fully saturated rings. The van der Waals surface area contributed by atoms with E-state index in [0.717, 1.165) is 35.1 Å². The number of nitrogens with zero attached hydrogens (tertiary/aromatic N) is 2. The van der Waals surface area contributed by atoms with Gasteiger partial charge in [-0.15, -0.1) is 0 Å². The number of aryl methyl sites for hydroxylation is 1. The summed E-state index contributed by atoms with van der Waals surface area (Å²) >= 11 is 0. The number of benzene rings is 2. The van der Waals surface area contributed by atoms with Crippen LogP contribution in [0.5, 0.6) is 5.75 Å². The minimum Gasteiger partial charge on any atom is -0.496 e. The van der Waals surface area contributed by atoms with Gasteiger partial charge in [0.2, 0.25) is 5.89 Å². The normalized spacial score (nSPS) is 11.0. The smallest absolute Gasteiger partial charge is 0.209 e. The maximum Gasteiger partial charge on any atom is 0.209 e. The number of oxazole rings is 1. The predicted molar refractivity (Wildman–Crippen MR) is 94.8 cm³/mol. The molecule has 0 bridgehead atoms. The molecule has 24 heavy (non-hydrogen) atoms. The SMILES string of the molecule is COc1ccc(CN(C)Cc2ncc(-c3ccccc3)o2)cc1C. The summed E-state index contributed by atoms with van der Waals surface area (Å²) in [6.45, 7) is 3.55. The fraction of sp³-hybridized carbons (Fsp3) is 0.250. The Kier molecular flexibility index (Phi) is 4.96. The summed E-state index contributed by atoms with van der Waals surface area (Å²) in [5.41, 5.74) is 3.43. The quantitative estimate of drug-likeness (QED) is 0.678. The summed E-state index contributed by atoms with van der Waals surface area (Å²) in [4.78, 5) is 6.57. The Hall–Kier alpha value is -2.59. The first-order chi connectivity index (χ1) is 11.7. The Labute approximate surface area is 142 Å². The highest BCUT2D eigenvalue weighted by Crippen LogP contribution is 2.22. The second-order valence-corrected chi connectivity index (χ2v) is 5.96. The molecule has 1 aromatic heterocycles. The first-order valence-electron chi connectivity index (χ1n) is 7.98. The molecule has 0 saturated carbocycles. The molecule has 0 aliphatic heterocycles. The third-order valence-electron chi connectivity index (χ3n) is 3.93. The van der Waals surface area contributed by atoms with Crippen molar-refractivity contribution >= 4 is 0 Å². The Morgan fingerprint density at radius 1 is 1.08 bits per heavy atom. The molecule has 0 atom stereocenters. The summed E-state index contributed by atoms with van der Waals surface area (Å²) in [5, 5.41) is 0. The molecule has 4 nitrogen and oxygen atoms in total. The molecule has 2 aromatic carbocycles. The minimum absolute atomic E-state index is 0.665. The number of hydrogen-bond donors (Lipinski definition) is 0. The van der Waals surface area contributed by atoms with Crippen molar-refractivity contribution in [3.05, 3.63) is 71.7 Å². The average Bonchev–Trinajstić information content (AvgIpc) is 3.04. The van der Waals surface area contributed by atoms with Gasteiger partial charge in [0.15, 0.2) is 5.76 Å². The zero-order chi connectivity index (χ0) is 16.9. The van der Waals surface area contributed by atoms with E-state index < -0.39 is 0 Å². The molecular weight excluding hydrogens is 300 g/mol. The van der Waals surface area contributed by atoms with E-state index in [1.165, 1.54) is 5.56 Å². The molecule has 0 radical (unpaired) electrons. The Morgan fingerprint density at radius 3 is 2.58 bits per heavy atom. The molecule has 3 aromatic rings. The molecule has 4 heteroatoms. The van der Waals surface area contributed by atoms with Gasteiger partial charge in [0.25, 0.3) is 0 Å². The molecule has 0 saturated heterocycles. The van der Waals surface area contributed by atoms with E-state index in [1.807, 2.05) is 36.4 Å². The van der Waals surface area contributed by atoms with Crippen molar-refractivity contribution in [3.63, 3.8) is 0 Å². The number of hydrogen-bond acceptors (Lipinski definition) is 4. The van der Waals surface area contributed by atoms with Crippen LogP contribution >= 0.6 is 0 Å². The molecule has 0 spiro atoms. The van der Waals surface area contributed by atoms with Gasteiger partial charge >= 0.3 is 0 Å². The van der Waals surface area contributed by atoms with Gasteiger partial charge in [-0.1, -0.05) is 42.5 Å². The van der Waals surface area contributed by atoms with Crippen molar-refractivity contribution in [1.29, 1.82) is 0 Å². The summed E-state index contributed by atoms with van der Waals surface area (Å²) in [6.07, 6.45) is 1.79. The monoisotopic (exact) mass is 322 g/mol. The highest BCUT2D eigenvalue weighted by Gasteiger charge is 2.10. The lowest BCUT2D eigenvalue weighted by atomic mass is 10.1. The third kappa shape index (κ3) is 3.84. The molecule has 0 N–H and O–H groups in total. The minimum atomic E-state index is 0.665. The van der Waals surface area contributed by atoms with Gasteiger partial charge in [0, 0.05) is 12.1 Å². The topological polar surface area (TPSA) is 38.5 Å². The summed E-state index contributed by atoms with van der Waals surface area (Å²) in [7, 11) is 3.76. The molecular formula is C20H22N2O2. The van der Waals surface area contributed by atoms with E-state index in [9.17, 15) is 0 Å². The molecule has 0 unspecified atom stereocenters. The largest absolute Gasteiger partial charge is 0.496 e. The number of methoxy groups -OCH3 is 1. The van der Waals surface area contributed by atoms with Gasteiger partial charge in [0.05, 0.1) is 19.9 Å². The first-order valence-corrected chi connectivity index (χ1v) is 7.98. The Bertz CT molecular complexity index is 796. The van der Waals surface area contributed by atoms with Gasteiger partial charge < -0.3 is 9.15 Å². The lowest BCUT2D eigenvalue weighted by Crippen LogP contribution is -2.17. The summed E-state index contributed by atoms with van der Waals surface area (Å²) in [5.74, 6) is 2.45. The van der Waals surface area contributed by atoms with Crippen LogP contribution in [0.15, 0.2) is 59.1 Å². The van der Waals surface area contributed by atoms with E-state index in [1.54, 1.807) is 13.3 Å². The van der Waals surface area contributed by atoms with Crippen LogP contribution < -0.4 is 4.74 Å². The van der Waals surface area contributed by atoms with Gasteiger partial charge in [-0.3, -0.25) is 4.90 Å². The first kappa shape index (κ1) is 16.3. The van der Waals surface area contributed by atoms with Crippen molar-refractivity contribution in [2.75, 3.05) is 14.2 Å². The molecule has 3 rings (SSSR count). The second kappa shape index (κ2) is 7.32. The summed E-state index contributed by atoms with van der Waals surface area (Å²) < 4.78 is 11.2. The van der Waals surface area contributed by atoms with Crippen LogP contribution in [0.2, 0.25) is 0 Å². The third-order valence-corrected chi connectivity index (χ3v) is 3.93. The van der Waals surface area contributed by atoms with Gasteiger partial charge in [-0.2, -0.15) is 0 Å². The fourth-order valence-electron chi connectivity index (χ4n) is 2.76. The number of aromatic nitrogens is 1. The predicted octanol–water partition coefficient (Wildman–Crippen LogP) is 4.29. The van der Waals surface area contributed by atoms with Crippen LogP contribution in [-0.2, 0) is 13.1 Å². The van der Waals surface area contributed by atoms with E-state index in [2.05, 4.69) is 36.0 Å². The van der Waals surface area contributed by atoms with Gasteiger partial charge in [0.1, 0.15) is 5.75 Å². The van der Waals surface area contributed by atoms with Gasteiger partial charge in [-0.25, -0.2) is 4.98 Å². The van der Waals surface area contributed by atoms with Gasteiger partial charge in [-0.05, 0) is 31.2 Å². The van der Waals surface area contributed by atoms with E-state index in [-0.39, 0.29) is 0 Å². The van der Waals surface area contributed by atoms with E-state index >= 15 is 0 Å². The maximum atomic E-state index is 5.87. The number of rotatable bonds is 6. The molecule has 0 aliphatic carbocycles. The zero-order valence-corrected chi connectivity index (χ0v) is 14.3. The van der Waals surface area contributed by atoms with Crippen molar-refractivity contribution in [1.82, 2.24) is 9.88 Å². The summed E-state index contributed by atoms with van der Waals surface area (Å²) in [6, 6.07) is 16.3. The lowest BCUT2D eigenvalue weighted by molar-refractivity contribution is 0.282. The highest BCUT2D eigenvalue weighted by molar-refractivity contribution is 5.55. The van der Waals surface area contributed by atoms with Crippen LogP contribution in [-0.4, -0.2) is 24.0 Å². The fourth-order valence-corrected chi connectivity index (χ4v) is 2.76. The second-order valence-electron chi connectivity index (χ2n) is 5.96. The van der Waals surface area contributed by atoms with Crippen LogP contribution in [0.1, 0.15) is 17.0 Å². The van der Waals surface area contributed by atoms with Crippen LogP contribution in [0, 0.1) is 6.92 Å². The molecule has 0 amide bonds. The van der Waals surface area contributed by atoms with E-state index in [4.69, 9.17) is 9.15 Å². The Morgan fingerprint density at radius 2 is 1.88 bits per heavy atom. The molecule has 0 aliphatic rings. The van der Waals surface area contributed by atoms with Crippen molar-refractivity contribution < 1.29 is 9.15 Å². The van der Waals surface area contributed by atoms with Crippen molar-refractivity contribution in [3.8, 4) is 17.1 Å². The van der Waals surface area contributed by atoms with E-state index in [0.29, 0.717) is 6.54 Å². The number of ether oxygens (including phenoxy) is 1. The lowest BCUT2D eigenvalue weighted by Gasteiger charge is -2.15. The molecule has 124 valence electrons. The molecule has 1 heterocycles. The van der Waals surface area contributed by atoms with Crippen molar-refractivity contribution in [2.24, 2.45) is 0 Å². The average molecular weight is 322 g/mol. The zero-order valence-electron chi connectivity index (χ0n) is 14.3. The highest BCUT2D eigenvalue weighted by atomic mass is 16.5. The van der Waals surface area contributed by atoms with Crippen LogP contribution in [0.3, 0.4) is 0 Å². The standard InChI is InChI=1S/C20H22N2O2/c1-15-11-16(9-10-18(15)23-3)13-22(2)14-20-21-12-19(24-20)17-7-5-4-6-8-17/h4-12H,13-14H2,1-3H3. The van der Waals surface area contributed by atoms with Crippen LogP contribution in [0.25, 0.3) is 11.3 Å². The Balaban J connectivity index is 1.64. The van der Waals surface area contributed by atoms with Crippen molar-refractivity contribution in [2.45, 2.75) is 20.0 Å².